The van der Waals surface area contributed by atoms with Gasteiger partial charge in [-0.2, -0.15) is 5.26 Å². The van der Waals surface area contributed by atoms with Gasteiger partial charge in [-0.3, -0.25) is 4.79 Å². The van der Waals surface area contributed by atoms with E-state index in [1.54, 1.807) is 6.07 Å². The summed E-state index contributed by atoms with van der Waals surface area (Å²) in [7, 11) is 0. The van der Waals surface area contributed by atoms with Crippen molar-refractivity contribution in [3.8, 4) is 6.07 Å². The van der Waals surface area contributed by atoms with E-state index < -0.39 is 0 Å². The molecule has 1 aliphatic rings. The third-order valence-corrected chi connectivity index (χ3v) is 4.70. The lowest BCUT2D eigenvalue weighted by atomic mass is 10.1. The van der Waals surface area contributed by atoms with Crippen LogP contribution < -0.4 is 10.6 Å². The lowest BCUT2D eigenvalue weighted by molar-refractivity contribution is 0.0935. The van der Waals surface area contributed by atoms with Crippen molar-refractivity contribution in [2.75, 3.05) is 13.1 Å². The third kappa shape index (κ3) is 2.53. The zero-order valence-corrected chi connectivity index (χ0v) is 11.8. The number of nitrogens with one attached hydrogen (secondary N) is 2. The predicted octanol–water partition coefficient (Wildman–Crippen LogP) is 2.25. The smallest absolute Gasteiger partial charge is 0.261 e. The van der Waals surface area contributed by atoms with E-state index >= 15 is 0 Å². The molecule has 20 heavy (non-hydrogen) atoms. The first-order chi connectivity index (χ1) is 9.78. The molecular weight excluding hydrogens is 270 g/mol. The van der Waals surface area contributed by atoms with Gasteiger partial charge in [0.2, 0.25) is 0 Å². The molecule has 2 N–H and O–H groups in total. The van der Waals surface area contributed by atoms with Crippen LogP contribution in [0.3, 0.4) is 0 Å². The standard InChI is InChI=1S/C15H15N3OS/c16-8-11-4-1-3-10-7-13(20-14(10)11)15(19)18-12-5-2-6-17-9-12/h1,3-4,7,12,17H,2,5-6,9H2,(H,18,19)/t12-/m1/s1. The first-order valence-corrected chi connectivity index (χ1v) is 7.54. The van der Waals surface area contributed by atoms with E-state index in [0.29, 0.717) is 10.4 Å². The van der Waals surface area contributed by atoms with E-state index in [9.17, 15) is 4.79 Å². The van der Waals surface area contributed by atoms with Gasteiger partial charge < -0.3 is 10.6 Å². The second kappa shape index (κ2) is 5.61. The molecule has 0 saturated carbocycles. The van der Waals surface area contributed by atoms with E-state index in [4.69, 9.17) is 5.26 Å². The van der Waals surface area contributed by atoms with Gasteiger partial charge in [0.15, 0.2) is 0 Å². The number of nitrogens with zero attached hydrogens (tertiary/aromatic N) is 1. The molecule has 0 aliphatic carbocycles. The summed E-state index contributed by atoms with van der Waals surface area (Å²) in [5.41, 5.74) is 0.630. The van der Waals surface area contributed by atoms with E-state index in [1.807, 2.05) is 18.2 Å². The molecule has 1 aromatic carbocycles. The Morgan fingerprint density at radius 2 is 2.40 bits per heavy atom. The highest BCUT2D eigenvalue weighted by Crippen LogP contribution is 2.28. The summed E-state index contributed by atoms with van der Waals surface area (Å²) in [6, 6.07) is 9.81. The molecule has 0 unspecified atom stereocenters. The number of rotatable bonds is 2. The van der Waals surface area contributed by atoms with Crippen molar-refractivity contribution in [3.05, 3.63) is 34.7 Å². The Kier molecular flexibility index (Phi) is 3.68. The highest BCUT2D eigenvalue weighted by molar-refractivity contribution is 7.21. The van der Waals surface area contributed by atoms with E-state index in [0.717, 1.165) is 36.0 Å². The van der Waals surface area contributed by atoms with Gasteiger partial charge in [-0.15, -0.1) is 11.3 Å². The maximum atomic E-state index is 12.3. The van der Waals surface area contributed by atoms with Gasteiger partial charge in [0.05, 0.1) is 15.1 Å². The van der Waals surface area contributed by atoms with E-state index in [2.05, 4.69) is 16.7 Å². The Morgan fingerprint density at radius 1 is 1.50 bits per heavy atom. The number of piperidine rings is 1. The van der Waals surface area contributed by atoms with Gasteiger partial charge in [0, 0.05) is 12.6 Å². The molecule has 4 nitrogen and oxygen atoms in total. The molecule has 1 atom stereocenters. The number of amides is 1. The monoisotopic (exact) mass is 285 g/mol. The first-order valence-electron chi connectivity index (χ1n) is 6.72. The van der Waals surface area contributed by atoms with Crippen LogP contribution in [0.1, 0.15) is 28.1 Å². The molecule has 102 valence electrons. The largest absolute Gasteiger partial charge is 0.347 e. The summed E-state index contributed by atoms with van der Waals surface area (Å²) in [5.74, 6) is -0.0382. The van der Waals surface area contributed by atoms with E-state index in [-0.39, 0.29) is 11.9 Å². The van der Waals surface area contributed by atoms with Crippen molar-refractivity contribution in [2.45, 2.75) is 18.9 Å². The molecule has 0 bridgehead atoms. The second-order valence-electron chi connectivity index (χ2n) is 4.96. The fourth-order valence-electron chi connectivity index (χ4n) is 2.49. The van der Waals surface area contributed by atoms with Crippen molar-refractivity contribution < 1.29 is 4.79 Å². The number of carbonyl (C=O) groups is 1. The lowest BCUT2D eigenvalue weighted by Crippen LogP contribution is -2.45. The molecule has 3 rings (SSSR count). The number of carbonyl (C=O) groups excluding carboxylic acids is 1. The van der Waals surface area contributed by atoms with Gasteiger partial charge in [-0.25, -0.2) is 0 Å². The summed E-state index contributed by atoms with van der Waals surface area (Å²) in [6.45, 7) is 1.86. The number of hydrogen-bond acceptors (Lipinski definition) is 4. The summed E-state index contributed by atoms with van der Waals surface area (Å²) in [5, 5.41) is 16.4. The van der Waals surface area contributed by atoms with Crippen LogP contribution in [0.25, 0.3) is 10.1 Å². The van der Waals surface area contributed by atoms with Gasteiger partial charge >= 0.3 is 0 Å². The molecule has 5 heteroatoms. The van der Waals surface area contributed by atoms with Gasteiger partial charge in [0.1, 0.15) is 6.07 Å². The summed E-state index contributed by atoms with van der Waals surface area (Å²) in [4.78, 5) is 12.9. The van der Waals surface area contributed by atoms with Crippen LogP contribution in [0.5, 0.6) is 0 Å². The fourth-order valence-corrected chi connectivity index (χ4v) is 3.52. The third-order valence-electron chi connectivity index (χ3n) is 3.52. The molecule has 1 aromatic heterocycles. The number of nitriles is 1. The normalized spacial score (nSPS) is 18.6. The lowest BCUT2D eigenvalue weighted by Gasteiger charge is -2.23. The zero-order chi connectivity index (χ0) is 13.9. The Bertz CT molecular complexity index is 680. The summed E-state index contributed by atoms with van der Waals surface area (Å²) >= 11 is 1.39. The minimum atomic E-state index is -0.0382. The van der Waals surface area contributed by atoms with Gasteiger partial charge in [-0.1, -0.05) is 12.1 Å². The quantitative estimate of drug-likeness (QED) is 0.889. The molecule has 1 amide bonds. The average molecular weight is 285 g/mol. The predicted molar refractivity (Wildman–Crippen MR) is 79.9 cm³/mol. The number of benzene rings is 1. The number of fused-ring (bicyclic) bond motifs is 1. The highest BCUT2D eigenvalue weighted by Gasteiger charge is 2.18. The summed E-state index contributed by atoms with van der Waals surface area (Å²) < 4.78 is 0.891. The maximum absolute atomic E-state index is 12.3. The molecule has 2 aromatic rings. The van der Waals surface area contributed by atoms with Crippen molar-refractivity contribution >= 4 is 27.3 Å². The van der Waals surface area contributed by atoms with Crippen LogP contribution >= 0.6 is 11.3 Å². The first kappa shape index (κ1) is 13.1. The minimum Gasteiger partial charge on any atom is -0.347 e. The van der Waals surface area contributed by atoms with Crippen LogP contribution in [0.15, 0.2) is 24.3 Å². The van der Waals surface area contributed by atoms with Crippen molar-refractivity contribution in [1.82, 2.24) is 10.6 Å². The maximum Gasteiger partial charge on any atom is 0.261 e. The Morgan fingerprint density at radius 3 is 3.15 bits per heavy atom. The van der Waals surface area contributed by atoms with Crippen molar-refractivity contribution in [1.29, 1.82) is 5.26 Å². The Balaban J connectivity index is 1.83. The van der Waals surface area contributed by atoms with E-state index in [1.165, 1.54) is 11.3 Å². The minimum absolute atomic E-state index is 0.0382. The topological polar surface area (TPSA) is 64.9 Å². The zero-order valence-electron chi connectivity index (χ0n) is 11.0. The summed E-state index contributed by atoms with van der Waals surface area (Å²) in [6.07, 6.45) is 2.11. The number of thiophene rings is 1. The van der Waals surface area contributed by atoms with Crippen molar-refractivity contribution in [3.63, 3.8) is 0 Å². The number of hydrogen-bond donors (Lipinski definition) is 2. The molecule has 1 fully saturated rings. The van der Waals surface area contributed by atoms with Gasteiger partial charge in [-0.05, 0) is 36.9 Å². The molecule has 1 saturated heterocycles. The van der Waals surface area contributed by atoms with Crippen LogP contribution in [-0.4, -0.2) is 25.0 Å². The molecule has 2 heterocycles. The van der Waals surface area contributed by atoms with Crippen LogP contribution in [0, 0.1) is 11.3 Å². The average Bonchev–Trinajstić information content (AvgIpc) is 2.92. The Hall–Kier alpha value is -1.90. The van der Waals surface area contributed by atoms with Crippen LogP contribution in [0.2, 0.25) is 0 Å². The van der Waals surface area contributed by atoms with Crippen LogP contribution in [-0.2, 0) is 0 Å². The molecule has 0 spiro atoms. The second-order valence-corrected chi connectivity index (χ2v) is 6.02. The Labute approximate surface area is 121 Å². The molecule has 1 aliphatic heterocycles. The SMILES string of the molecule is N#Cc1cccc2cc(C(=O)N[C@@H]3CCCNC3)sc12. The van der Waals surface area contributed by atoms with Crippen LogP contribution in [0.4, 0.5) is 0 Å². The van der Waals surface area contributed by atoms with Crippen molar-refractivity contribution in [2.24, 2.45) is 0 Å². The molecular formula is C15H15N3OS. The van der Waals surface area contributed by atoms with Gasteiger partial charge in [0.25, 0.3) is 5.91 Å². The molecule has 0 radical (unpaired) electrons. The fraction of sp³-hybridized carbons (Fsp3) is 0.333. The highest BCUT2D eigenvalue weighted by atomic mass is 32.1.